The minimum absolute atomic E-state index is 0.121. The Hall–Kier alpha value is -2.42. The van der Waals surface area contributed by atoms with Crippen molar-refractivity contribution < 1.29 is 4.79 Å². The van der Waals surface area contributed by atoms with Crippen LogP contribution < -0.4 is 0 Å². The van der Waals surface area contributed by atoms with Crippen LogP contribution >= 0.6 is 15.9 Å². The van der Waals surface area contributed by atoms with Gasteiger partial charge in [-0.1, -0.05) is 0 Å². The van der Waals surface area contributed by atoms with E-state index in [1.54, 1.807) is 39.8 Å². The van der Waals surface area contributed by atoms with E-state index in [4.69, 9.17) is 0 Å². The Bertz CT molecular complexity index is 879. The van der Waals surface area contributed by atoms with E-state index in [1.165, 1.54) is 0 Å². The molecule has 0 radical (unpaired) electrons. The van der Waals surface area contributed by atoms with Crippen molar-refractivity contribution in [3.8, 4) is 0 Å². The standard InChI is InChI=1S/C16H20BrN7O/c1-4-22-9-13(12(2)19-22)8-21(3)16(25)15-5-6-23(20-15)11-24-10-14(17)7-18-24/h5-7,9-10H,4,8,11H2,1-3H3. The van der Waals surface area contributed by atoms with Gasteiger partial charge in [0.15, 0.2) is 0 Å². The van der Waals surface area contributed by atoms with E-state index in [0.717, 1.165) is 22.3 Å². The van der Waals surface area contributed by atoms with Crippen LogP contribution in [0.4, 0.5) is 0 Å². The number of aryl methyl sites for hydroxylation is 2. The molecule has 25 heavy (non-hydrogen) atoms. The van der Waals surface area contributed by atoms with Gasteiger partial charge in [0.1, 0.15) is 12.4 Å². The van der Waals surface area contributed by atoms with Crippen molar-refractivity contribution in [3.63, 3.8) is 0 Å². The quantitative estimate of drug-likeness (QED) is 0.629. The van der Waals surface area contributed by atoms with Crippen LogP contribution in [0.3, 0.4) is 0 Å². The molecule has 3 heterocycles. The lowest BCUT2D eigenvalue weighted by molar-refractivity contribution is 0.0778. The van der Waals surface area contributed by atoms with Gasteiger partial charge in [0.25, 0.3) is 5.91 Å². The summed E-state index contributed by atoms with van der Waals surface area (Å²) in [5.41, 5.74) is 2.39. The Balaban J connectivity index is 1.66. The minimum Gasteiger partial charge on any atom is -0.336 e. The first-order valence-electron chi connectivity index (χ1n) is 7.96. The van der Waals surface area contributed by atoms with Gasteiger partial charge in [0.05, 0.1) is 16.4 Å². The first kappa shape index (κ1) is 17.4. The number of hydrogen-bond donors (Lipinski definition) is 0. The van der Waals surface area contributed by atoms with Crippen LogP contribution in [-0.2, 0) is 19.8 Å². The van der Waals surface area contributed by atoms with Crippen LogP contribution in [-0.4, -0.2) is 47.2 Å². The molecule has 0 aliphatic heterocycles. The first-order valence-corrected chi connectivity index (χ1v) is 8.75. The zero-order valence-corrected chi connectivity index (χ0v) is 16.0. The lowest BCUT2D eigenvalue weighted by atomic mass is 10.2. The maximum absolute atomic E-state index is 12.6. The summed E-state index contributed by atoms with van der Waals surface area (Å²) in [6.07, 6.45) is 7.32. The lowest BCUT2D eigenvalue weighted by Gasteiger charge is -2.15. The molecular weight excluding hydrogens is 386 g/mol. The molecular formula is C16H20BrN7O. The van der Waals surface area contributed by atoms with Gasteiger partial charge in [-0.05, 0) is 35.8 Å². The van der Waals surface area contributed by atoms with E-state index in [9.17, 15) is 4.79 Å². The summed E-state index contributed by atoms with van der Waals surface area (Å²) >= 11 is 3.36. The smallest absolute Gasteiger partial charge is 0.274 e. The van der Waals surface area contributed by atoms with E-state index in [2.05, 4.69) is 31.2 Å². The number of amides is 1. The van der Waals surface area contributed by atoms with Gasteiger partial charge in [-0.2, -0.15) is 15.3 Å². The predicted octanol–water partition coefficient (Wildman–Crippen LogP) is 2.14. The van der Waals surface area contributed by atoms with Crippen molar-refractivity contribution in [2.45, 2.75) is 33.6 Å². The van der Waals surface area contributed by atoms with Gasteiger partial charge in [-0.25, -0.2) is 4.68 Å². The number of nitrogens with zero attached hydrogens (tertiary/aromatic N) is 7. The molecule has 0 fully saturated rings. The Labute approximate surface area is 154 Å². The number of halogens is 1. The van der Waals surface area contributed by atoms with E-state index in [-0.39, 0.29) is 5.91 Å². The van der Waals surface area contributed by atoms with Crippen LogP contribution in [0.15, 0.2) is 35.3 Å². The molecule has 3 aromatic heterocycles. The Morgan fingerprint density at radius 1 is 1.24 bits per heavy atom. The second kappa shape index (κ2) is 7.22. The highest BCUT2D eigenvalue weighted by Gasteiger charge is 2.17. The van der Waals surface area contributed by atoms with Gasteiger partial charge >= 0.3 is 0 Å². The highest BCUT2D eigenvalue weighted by molar-refractivity contribution is 9.10. The molecule has 9 heteroatoms. The van der Waals surface area contributed by atoms with Crippen molar-refractivity contribution in [3.05, 3.63) is 52.3 Å². The first-order chi connectivity index (χ1) is 12.0. The van der Waals surface area contributed by atoms with E-state index in [1.807, 2.05) is 30.9 Å². The molecule has 0 atom stereocenters. The molecule has 0 spiro atoms. The third-order valence-corrected chi connectivity index (χ3v) is 4.29. The lowest BCUT2D eigenvalue weighted by Crippen LogP contribution is -2.27. The van der Waals surface area contributed by atoms with Gasteiger partial charge < -0.3 is 4.90 Å². The molecule has 0 unspecified atom stereocenters. The Kier molecular flexibility index (Phi) is 5.03. The van der Waals surface area contributed by atoms with Crippen molar-refractivity contribution >= 4 is 21.8 Å². The molecule has 0 saturated carbocycles. The summed E-state index contributed by atoms with van der Waals surface area (Å²) < 4.78 is 6.19. The van der Waals surface area contributed by atoms with Gasteiger partial charge in [-0.3, -0.25) is 14.2 Å². The van der Waals surface area contributed by atoms with Gasteiger partial charge in [0.2, 0.25) is 0 Å². The molecule has 3 rings (SSSR count). The van der Waals surface area contributed by atoms with Crippen LogP contribution in [0.25, 0.3) is 0 Å². The average molecular weight is 406 g/mol. The molecule has 0 bridgehead atoms. The Morgan fingerprint density at radius 2 is 2.04 bits per heavy atom. The number of hydrogen-bond acceptors (Lipinski definition) is 4. The fourth-order valence-corrected chi connectivity index (χ4v) is 2.85. The SMILES string of the molecule is CCn1cc(CN(C)C(=O)c2ccn(Cn3cc(Br)cn3)n2)c(C)n1. The second-order valence-corrected chi connectivity index (χ2v) is 6.75. The van der Waals surface area contributed by atoms with E-state index in [0.29, 0.717) is 18.9 Å². The largest absolute Gasteiger partial charge is 0.336 e. The average Bonchev–Trinajstić information content (AvgIpc) is 3.29. The summed E-state index contributed by atoms with van der Waals surface area (Å²) in [6.45, 7) is 5.76. The fourth-order valence-electron chi connectivity index (χ4n) is 2.52. The number of carbonyl (C=O) groups is 1. The zero-order chi connectivity index (χ0) is 18.0. The van der Waals surface area contributed by atoms with Crippen LogP contribution in [0.1, 0.15) is 28.7 Å². The monoisotopic (exact) mass is 405 g/mol. The van der Waals surface area contributed by atoms with E-state index >= 15 is 0 Å². The molecule has 0 aliphatic rings. The Morgan fingerprint density at radius 3 is 2.68 bits per heavy atom. The van der Waals surface area contributed by atoms with Crippen LogP contribution in [0.2, 0.25) is 0 Å². The molecule has 0 saturated heterocycles. The maximum atomic E-state index is 12.6. The van der Waals surface area contributed by atoms with Crippen LogP contribution in [0, 0.1) is 6.92 Å². The topological polar surface area (TPSA) is 73.8 Å². The molecule has 132 valence electrons. The molecule has 0 aliphatic carbocycles. The number of aromatic nitrogens is 6. The summed E-state index contributed by atoms with van der Waals surface area (Å²) in [7, 11) is 1.77. The molecule has 8 nitrogen and oxygen atoms in total. The maximum Gasteiger partial charge on any atom is 0.274 e. The number of rotatable bonds is 6. The summed E-state index contributed by atoms with van der Waals surface area (Å²) in [4.78, 5) is 14.3. The second-order valence-electron chi connectivity index (χ2n) is 5.84. The summed E-state index contributed by atoms with van der Waals surface area (Å²) in [6, 6.07) is 1.72. The molecule has 0 N–H and O–H groups in total. The predicted molar refractivity (Wildman–Crippen MR) is 96.0 cm³/mol. The normalized spacial score (nSPS) is 11.0. The summed E-state index contributed by atoms with van der Waals surface area (Å²) in [5, 5.41) is 12.9. The van der Waals surface area contributed by atoms with Gasteiger partial charge in [0, 0.05) is 44.3 Å². The molecule has 3 aromatic rings. The molecule has 0 aromatic carbocycles. The third-order valence-electron chi connectivity index (χ3n) is 3.88. The zero-order valence-electron chi connectivity index (χ0n) is 14.4. The number of carbonyl (C=O) groups excluding carboxylic acids is 1. The highest BCUT2D eigenvalue weighted by Crippen LogP contribution is 2.11. The molecule has 1 amide bonds. The van der Waals surface area contributed by atoms with E-state index < -0.39 is 0 Å². The third kappa shape index (κ3) is 3.98. The van der Waals surface area contributed by atoms with Crippen molar-refractivity contribution in [1.29, 1.82) is 0 Å². The van der Waals surface area contributed by atoms with Crippen molar-refractivity contribution in [2.24, 2.45) is 0 Å². The van der Waals surface area contributed by atoms with Crippen LogP contribution in [0.5, 0.6) is 0 Å². The van der Waals surface area contributed by atoms with Gasteiger partial charge in [-0.15, -0.1) is 0 Å². The summed E-state index contributed by atoms with van der Waals surface area (Å²) in [5.74, 6) is -0.121. The highest BCUT2D eigenvalue weighted by atomic mass is 79.9. The van der Waals surface area contributed by atoms with Crippen molar-refractivity contribution in [2.75, 3.05) is 7.05 Å². The minimum atomic E-state index is -0.121. The van der Waals surface area contributed by atoms with Crippen molar-refractivity contribution in [1.82, 2.24) is 34.2 Å². The fraction of sp³-hybridized carbons (Fsp3) is 0.375.